The average molecular weight is 248 g/mol. The first-order valence-corrected chi connectivity index (χ1v) is 6.10. The first-order valence-electron chi connectivity index (χ1n) is 5.29. The molecule has 0 bridgehead atoms. The molecule has 1 aromatic heterocycles. The SMILES string of the molecule is CCc1ccc(Oc2ccc(C(=O)O)s2)cc1. The number of carboxylic acids is 1. The average Bonchev–Trinajstić information content (AvgIpc) is 2.79. The molecule has 0 aliphatic carbocycles. The number of rotatable bonds is 4. The Labute approximate surface area is 103 Å². The summed E-state index contributed by atoms with van der Waals surface area (Å²) in [6.45, 7) is 2.09. The molecule has 0 amide bonds. The van der Waals surface area contributed by atoms with Crippen molar-refractivity contribution in [1.82, 2.24) is 0 Å². The highest BCUT2D eigenvalue weighted by Crippen LogP contribution is 2.29. The Morgan fingerprint density at radius 3 is 2.47 bits per heavy atom. The standard InChI is InChI=1S/C13H12O3S/c1-2-9-3-5-10(6-4-9)16-12-8-7-11(17-12)13(14)15/h3-8H,2H2,1H3,(H,14,15). The number of carbonyl (C=O) groups is 1. The highest BCUT2D eigenvalue weighted by Gasteiger charge is 2.08. The van der Waals surface area contributed by atoms with Gasteiger partial charge in [-0.2, -0.15) is 0 Å². The van der Waals surface area contributed by atoms with Crippen LogP contribution in [0.4, 0.5) is 0 Å². The Hall–Kier alpha value is -1.81. The smallest absolute Gasteiger partial charge is 0.345 e. The van der Waals surface area contributed by atoms with Gasteiger partial charge in [-0.05, 0) is 36.2 Å². The van der Waals surface area contributed by atoms with E-state index >= 15 is 0 Å². The molecule has 0 saturated carbocycles. The molecule has 1 heterocycles. The fraction of sp³-hybridized carbons (Fsp3) is 0.154. The lowest BCUT2D eigenvalue weighted by Crippen LogP contribution is -1.89. The zero-order chi connectivity index (χ0) is 12.3. The molecule has 0 aliphatic heterocycles. The van der Waals surface area contributed by atoms with Crippen molar-refractivity contribution in [2.45, 2.75) is 13.3 Å². The first kappa shape index (κ1) is 11.7. The van der Waals surface area contributed by atoms with Crippen molar-refractivity contribution in [2.24, 2.45) is 0 Å². The van der Waals surface area contributed by atoms with Crippen molar-refractivity contribution in [2.75, 3.05) is 0 Å². The Morgan fingerprint density at radius 1 is 1.24 bits per heavy atom. The van der Waals surface area contributed by atoms with Gasteiger partial charge in [-0.3, -0.25) is 0 Å². The minimum Gasteiger partial charge on any atom is -0.477 e. The third-order valence-corrected chi connectivity index (χ3v) is 3.29. The van der Waals surface area contributed by atoms with Gasteiger partial charge in [0.25, 0.3) is 0 Å². The topological polar surface area (TPSA) is 46.5 Å². The van der Waals surface area contributed by atoms with Crippen molar-refractivity contribution < 1.29 is 14.6 Å². The zero-order valence-electron chi connectivity index (χ0n) is 9.34. The van der Waals surface area contributed by atoms with E-state index in [0.717, 1.165) is 23.5 Å². The second-order valence-corrected chi connectivity index (χ2v) is 4.57. The van der Waals surface area contributed by atoms with Crippen LogP contribution in [0.15, 0.2) is 36.4 Å². The van der Waals surface area contributed by atoms with E-state index in [1.165, 1.54) is 5.56 Å². The maximum atomic E-state index is 10.7. The van der Waals surface area contributed by atoms with Crippen LogP contribution in [0.1, 0.15) is 22.2 Å². The normalized spacial score (nSPS) is 10.2. The molecule has 0 radical (unpaired) electrons. The van der Waals surface area contributed by atoms with Crippen LogP contribution >= 0.6 is 11.3 Å². The molecule has 4 heteroatoms. The predicted octanol–water partition coefficient (Wildman–Crippen LogP) is 3.80. The van der Waals surface area contributed by atoms with Gasteiger partial charge in [-0.1, -0.05) is 30.4 Å². The van der Waals surface area contributed by atoms with Gasteiger partial charge in [0.1, 0.15) is 10.6 Å². The predicted molar refractivity (Wildman–Crippen MR) is 67.2 cm³/mol. The van der Waals surface area contributed by atoms with Gasteiger partial charge in [-0.25, -0.2) is 4.79 Å². The third kappa shape index (κ3) is 2.85. The van der Waals surface area contributed by atoms with Gasteiger partial charge in [0.2, 0.25) is 0 Å². The maximum Gasteiger partial charge on any atom is 0.345 e. The van der Waals surface area contributed by atoms with E-state index in [4.69, 9.17) is 9.84 Å². The molecule has 3 nitrogen and oxygen atoms in total. The number of thiophene rings is 1. The zero-order valence-corrected chi connectivity index (χ0v) is 10.2. The second kappa shape index (κ2) is 5.01. The van der Waals surface area contributed by atoms with Gasteiger partial charge >= 0.3 is 5.97 Å². The Bertz CT molecular complexity index is 514. The van der Waals surface area contributed by atoms with Gasteiger partial charge in [0.15, 0.2) is 5.06 Å². The fourth-order valence-corrected chi connectivity index (χ4v) is 2.11. The molecule has 1 aromatic carbocycles. The molecule has 0 spiro atoms. The molecule has 88 valence electrons. The monoisotopic (exact) mass is 248 g/mol. The Kier molecular flexibility index (Phi) is 3.44. The van der Waals surface area contributed by atoms with Crippen molar-refractivity contribution in [3.05, 3.63) is 46.8 Å². The van der Waals surface area contributed by atoms with E-state index in [-0.39, 0.29) is 4.88 Å². The molecule has 17 heavy (non-hydrogen) atoms. The summed E-state index contributed by atoms with van der Waals surface area (Å²) in [6, 6.07) is 11.0. The van der Waals surface area contributed by atoms with Crippen LogP contribution in [0.3, 0.4) is 0 Å². The van der Waals surface area contributed by atoms with Crippen LogP contribution in [0, 0.1) is 0 Å². The van der Waals surface area contributed by atoms with Crippen LogP contribution in [-0.2, 0) is 6.42 Å². The lowest BCUT2D eigenvalue weighted by atomic mass is 10.2. The molecule has 1 N–H and O–H groups in total. The van der Waals surface area contributed by atoms with E-state index in [2.05, 4.69) is 6.92 Å². The van der Waals surface area contributed by atoms with Crippen molar-refractivity contribution >= 4 is 17.3 Å². The van der Waals surface area contributed by atoms with Crippen molar-refractivity contribution in [1.29, 1.82) is 0 Å². The fourth-order valence-electron chi connectivity index (χ4n) is 1.40. The number of aromatic carboxylic acids is 1. The molecule has 0 unspecified atom stereocenters. The molecular weight excluding hydrogens is 236 g/mol. The second-order valence-electron chi connectivity index (χ2n) is 3.52. The van der Waals surface area contributed by atoms with Gasteiger partial charge in [0, 0.05) is 0 Å². The van der Waals surface area contributed by atoms with Crippen molar-refractivity contribution in [3.63, 3.8) is 0 Å². The van der Waals surface area contributed by atoms with Crippen LogP contribution < -0.4 is 4.74 Å². The molecular formula is C13H12O3S. The summed E-state index contributed by atoms with van der Waals surface area (Å²) in [4.78, 5) is 11.0. The summed E-state index contributed by atoms with van der Waals surface area (Å²) in [5.74, 6) is -0.202. The lowest BCUT2D eigenvalue weighted by Gasteiger charge is -2.03. The van der Waals surface area contributed by atoms with Crippen LogP contribution in [-0.4, -0.2) is 11.1 Å². The molecule has 0 saturated heterocycles. The first-order chi connectivity index (χ1) is 8.19. The summed E-state index contributed by atoms with van der Waals surface area (Å²) < 4.78 is 5.56. The van der Waals surface area contributed by atoms with E-state index in [0.29, 0.717) is 5.06 Å². The summed E-state index contributed by atoms with van der Waals surface area (Å²) in [6.07, 6.45) is 0.989. The maximum absolute atomic E-state index is 10.7. The minimum atomic E-state index is -0.925. The summed E-state index contributed by atoms with van der Waals surface area (Å²) in [7, 11) is 0. The summed E-state index contributed by atoms with van der Waals surface area (Å²) in [5, 5.41) is 9.38. The van der Waals surface area contributed by atoms with Gasteiger partial charge in [-0.15, -0.1) is 0 Å². The number of benzene rings is 1. The molecule has 0 aliphatic rings. The number of hydrogen-bond acceptors (Lipinski definition) is 3. The van der Waals surface area contributed by atoms with Crippen LogP contribution in [0.5, 0.6) is 10.8 Å². The Balaban J connectivity index is 2.11. The van der Waals surface area contributed by atoms with Crippen molar-refractivity contribution in [3.8, 4) is 10.8 Å². The van der Waals surface area contributed by atoms with Gasteiger partial charge in [0.05, 0.1) is 0 Å². The molecule has 0 fully saturated rings. The van der Waals surface area contributed by atoms with E-state index in [9.17, 15) is 4.79 Å². The van der Waals surface area contributed by atoms with Crippen LogP contribution in [0.2, 0.25) is 0 Å². The van der Waals surface area contributed by atoms with E-state index in [1.807, 2.05) is 24.3 Å². The lowest BCUT2D eigenvalue weighted by molar-refractivity contribution is 0.0702. The Morgan fingerprint density at radius 2 is 1.94 bits per heavy atom. The highest BCUT2D eigenvalue weighted by atomic mass is 32.1. The number of carboxylic acid groups (broad SMARTS) is 1. The van der Waals surface area contributed by atoms with Gasteiger partial charge < -0.3 is 9.84 Å². The minimum absolute atomic E-state index is 0.283. The van der Waals surface area contributed by atoms with E-state index in [1.54, 1.807) is 12.1 Å². The number of ether oxygens (including phenoxy) is 1. The highest BCUT2D eigenvalue weighted by molar-refractivity contribution is 7.15. The summed E-state index contributed by atoms with van der Waals surface area (Å²) in [5.41, 5.74) is 1.25. The molecule has 0 atom stereocenters. The third-order valence-electron chi connectivity index (χ3n) is 2.34. The quantitative estimate of drug-likeness (QED) is 0.895. The van der Waals surface area contributed by atoms with E-state index < -0.39 is 5.97 Å². The number of aryl methyl sites for hydroxylation is 1. The summed E-state index contributed by atoms with van der Waals surface area (Å²) >= 11 is 1.12. The molecule has 2 aromatic rings. The largest absolute Gasteiger partial charge is 0.477 e. The van der Waals surface area contributed by atoms with Crippen LogP contribution in [0.25, 0.3) is 0 Å². The molecule has 2 rings (SSSR count). The number of hydrogen-bond donors (Lipinski definition) is 1.